The number of carboxylic acids is 1. The van der Waals surface area contributed by atoms with E-state index < -0.39 is 25.9 Å². The summed E-state index contributed by atoms with van der Waals surface area (Å²) in [5.74, 6) is -0.666. The molecule has 0 aromatic heterocycles. The van der Waals surface area contributed by atoms with Gasteiger partial charge in [-0.05, 0) is 23.2 Å². The average Bonchev–Trinajstić information content (AvgIpc) is 2.72. The van der Waals surface area contributed by atoms with Crippen LogP contribution < -0.4 is 10.2 Å². The van der Waals surface area contributed by atoms with Gasteiger partial charge in [-0.2, -0.15) is 0 Å². The van der Waals surface area contributed by atoms with Gasteiger partial charge >= 0.3 is 13.1 Å². The summed E-state index contributed by atoms with van der Waals surface area (Å²) < 4.78 is 22.5. The number of carboxylic acid groups (broad SMARTS) is 1. The van der Waals surface area contributed by atoms with E-state index in [1.54, 1.807) is 18.2 Å². The van der Waals surface area contributed by atoms with Crippen LogP contribution in [0.25, 0.3) is 0 Å². The van der Waals surface area contributed by atoms with E-state index in [1.165, 1.54) is 0 Å². The minimum absolute atomic E-state index is 0.00723. The van der Waals surface area contributed by atoms with Crippen molar-refractivity contribution in [3.8, 4) is 5.75 Å². The van der Waals surface area contributed by atoms with Crippen molar-refractivity contribution in [2.45, 2.75) is 12.5 Å². The summed E-state index contributed by atoms with van der Waals surface area (Å²) in [4.78, 5) is 10.8. The molecular formula is C13H14BFO5. The summed E-state index contributed by atoms with van der Waals surface area (Å²) in [7, 11) is -1.15. The van der Waals surface area contributed by atoms with Crippen LogP contribution in [0, 0.1) is 0 Å². The standard InChI is InChI=1S/C13H14BFO5/c1-8(13(16)17)6-12-10-3-2-9(19-5-4-15)7-11(10)14(18)20-12/h2-3,7,12,18H,1,4-6H2,(H,16,17)/t12-/m1/s1. The molecule has 2 N–H and O–H groups in total. The number of rotatable bonds is 6. The van der Waals surface area contributed by atoms with Gasteiger partial charge in [0.25, 0.3) is 0 Å². The highest BCUT2D eigenvalue weighted by molar-refractivity contribution is 6.61. The van der Waals surface area contributed by atoms with Crippen molar-refractivity contribution in [3.63, 3.8) is 0 Å². The summed E-state index contributed by atoms with van der Waals surface area (Å²) in [6.45, 7) is 2.79. The summed E-state index contributed by atoms with van der Waals surface area (Å²) in [5, 5.41) is 18.6. The zero-order chi connectivity index (χ0) is 14.7. The Bertz CT molecular complexity index is 533. The van der Waals surface area contributed by atoms with E-state index in [9.17, 15) is 14.2 Å². The van der Waals surface area contributed by atoms with Crippen molar-refractivity contribution in [2.75, 3.05) is 13.3 Å². The van der Waals surface area contributed by atoms with Crippen LogP contribution in [-0.4, -0.2) is 36.5 Å². The van der Waals surface area contributed by atoms with E-state index in [1.807, 2.05) is 0 Å². The van der Waals surface area contributed by atoms with Gasteiger partial charge in [0, 0.05) is 12.0 Å². The number of hydrogen-bond acceptors (Lipinski definition) is 4. The van der Waals surface area contributed by atoms with E-state index in [2.05, 4.69) is 6.58 Å². The van der Waals surface area contributed by atoms with Gasteiger partial charge < -0.3 is 19.5 Å². The highest BCUT2D eigenvalue weighted by Crippen LogP contribution is 2.30. The van der Waals surface area contributed by atoms with Gasteiger partial charge in [-0.25, -0.2) is 9.18 Å². The first-order valence-corrected chi connectivity index (χ1v) is 6.10. The summed E-state index contributed by atoms with van der Waals surface area (Å²) >= 11 is 0. The molecule has 1 aromatic rings. The lowest BCUT2D eigenvalue weighted by molar-refractivity contribution is -0.133. The van der Waals surface area contributed by atoms with Crippen molar-refractivity contribution < 1.29 is 28.7 Å². The largest absolute Gasteiger partial charge is 0.492 e. The van der Waals surface area contributed by atoms with Gasteiger partial charge in [-0.15, -0.1) is 0 Å². The fraction of sp³-hybridized carbons (Fsp3) is 0.308. The molecule has 0 radical (unpaired) electrons. The molecule has 0 spiro atoms. The normalized spacial score (nSPS) is 16.9. The highest BCUT2D eigenvalue weighted by Gasteiger charge is 2.36. The Kier molecular flexibility index (Phi) is 4.41. The number of ether oxygens (including phenoxy) is 1. The third kappa shape index (κ3) is 3.00. The van der Waals surface area contributed by atoms with Crippen LogP contribution in [0.1, 0.15) is 18.1 Å². The Balaban J connectivity index is 2.17. The van der Waals surface area contributed by atoms with Crippen LogP contribution in [0.2, 0.25) is 0 Å². The topological polar surface area (TPSA) is 76.0 Å². The van der Waals surface area contributed by atoms with Crippen molar-refractivity contribution in [2.24, 2.45) is 0 Å². The van der Waals surface area contributed by atoms with Crippen molar-refractivity contribution in [3.05, 3.63) is 35.9 Å². The third-order valence-corrected chi connectivity index (χ3v) is 3.04. The van der Waals surface area contributed by atoms with Crippen LogP contribution >= 0.6 is 0 Å². The molecule has 1 atom stereocenters. The number of aliphatic carboxylic acids is 1. The van der Waals surface area contributed by atoms with E-state index in [0.29, 0.717) is 16.8 Å². The van der Waals surface area contributed by atoms with Gasteiger partial charge in [-0.1, -0.05) is 12.6 Å². The molecule has 1 heterocycles. The summed E-state index contributed by atoms with van der Waals surface area (Å²) in [5.41, 5.74) is 1.20. The molecule has 0 bridgehead atoms. The maximum Gasteiger partial charge on any atom is 0.492 e. The number of carbonyl (C=O) groups is 1. The monoisotopic (exact) mass is 280 g/mol. The van der Waals surface area contributed by atoms with Crippen LogP contribution in [0.3, 0.4) is 0 Å². The molecule has 0 unspecified atom stereocenters. The van der Waals surface area contributed by atoms with Crippen LogP contribution in [-0.2, 0) is 9.45 Å². The minimum atomic E-state index is -1.15. The first-order chi connectivity index (χ1) is 9.52. The van der Waals surface area contributed by atoms with E-state index in [-0.39, 0.29) is 18.6 Å². The van der Waals surface area contributed by atoms with Crippen molar-refractivity contribution in [1.29, 1.82) is 0 Å². The molecule has 1 aliphatic heterocycles. The second-order valence-electron chi connectivity index (χ2n) is 4.42. The maximum atomic E-state index is 12.0. The Labute approximate surface area is 115 Å². The minimum Gasteiger partial charge on any atom is -0.491 e. The molecule has 106 valence electrons. The van der Waals surface area contributed by atoms with Gasteiger partial charge in [0.1, 0.15) is 19.0 Å². The molecule has 0 fully saturated rings. The number of alkyl halides is 1. The second-order valence-corrected chi connectivity index (χ2v) is 4.42. The Hall–Kier alpha value is -1.86. The first kappa shape index (κ1) is 14.6. The number of halogens is 1. The fourth-order valence-electron chi connectivity index (χ4n) is 2.08. The molecule has 5 nitrogen and oxygen atoms in total. The van der Waals surface area contributed by atoms with Gasteiger partial charge in [0.05, 0.1) is 6.10 Å². The number of benzene rings is 1. The maximum absolute atomic E-state index is 12.0. The quantitative estimate of drug-likeness (QED) is 0.596. The lowest BCUT2D eigenvalue weighted by Crippen LogP contribution is -2.28. The van der Waals surface area contributed by atoms with Gasteiger partial charge in [-0.3, -0.25) is 0 Å². The van der Waals surface area contributed by atoms with Gasteiger partial charge in [0.15, 0.2) is 0 Å². The highest BCUT2D eigenvalue weighted by atomic mass is 19.1. The predicted molar refractivity (Wildman–Crippen MR) is 70.7 cm³/mol. The molecule has 0 amide bonds. The Morgan fingerprint density at radius 2 is 2.30 bits per heavy atom. The SMILES string of the molecule is C=C(C[C@H]1OB(O)c2cc(OCCF)ccc21)C(=O)O. The van der Waals surface area contributed by atoms with Crippen molar-refractivity contribution >= 4 is 18.6 Å². The molecule has 0 saturated heterocycles. The molecule has 0 aliphatic carbocycles. The molecular weight excluding hydrogens is 266 g/mol. The molecule has 2 rings (SSSR count). The van der Waals surface area contributed by atoms with Crippen LogP contribution in [0.5, 0.6) is 5.75 Å². The number of fused-ring (bicyclic) bond motifs is 1. The van der Waals surface area contributed by atoms with Crippen molar-refractivity contribution in [1.82, 2.24) is 0 Å². The molecule has 1 aromatic carbocycles. The molecule has 7 heteroatoms. The van der Waals surface area contributed by atoms with E-state index in [0.717, 1.165) is 0 Å². The van der Waals surface area contributed by atoms with E-state index in [4.69, 9.17) is 14.5 Å². The zero-order valence-corrected chi connectivity index (χ0v) is 10.7. The average molecular weight is 280 g/mol. The zero-order valence-electron chi connectivity index (χ0n) is 10.7. The molecule has 0 saturated carbocycles. The predicted octanol–water partition coefficient (Wildman–Crippen LogP) is 0.825. The lowest BCUT2D eigenvalue weighted by atomic mass is 9.79. The lowest BCUT2D eigenvalue weighted by Gasteiger charge is -2.12. The Morgan fingerprint density at radius 1 is 1.55 bits per heavy atom. The van der Waals surface area contributed by atoms with E-state index >= 15 is 0 Å². The number of hydrogen-bond donors (Lipinski definition) is 2. The third-order valence-electron chi connectivity index (χ3n) is 3.04. The van der Waals surface area contributed by atoms with Gasteiger partial charge in [0.2, 0.25) is 0 Å². The Morgan fingerprint density at radius 3 is 2.95 bits per heavy atom. The first-order valence-electron chi connectivity index (χ1n) is 6.10. The smallest absolute Gasteiger partial charge is 0.491 e. The molecule has 1 aliphatic rings. The molecule has 20 heavy (non-hydrogen) atoms. The van der Waals surface area contributed by atoms with Crippen LogP contribution in [0.15, 0.2) is 30.4 Å². The summed E-state index contributed by atoms with van der Waals surface area (Å²) in [6, 6.07) is 4.88. The fourth-order valence-corrected chi connectivity index (χ4v) is 2.08. The summed E-state index contributed by atoms with van der Waals surface area (Å²) in [6.07, 6.45) is -0.469. The van der Waals surface area contributed by atoms with Crippen LogP contribution in [0.4, 0.5) is 4.39 Å². The second kappa shape index (κ2) is 6.07.